The van der Waals surface area contributed by atoms with Crippen LogP contribution in [0.3, 0.4) is 0 Å². The molecule has 0 bridgehead atoms. The molecule has 0 saturated carbocycles. The van der Waals surface area contributed by atoms with Gasteiger partial charge in [0.2, 0.25) is 0 Å². The Kier molecular flexibility index (Phi) is 4.92. The van der Waals surface area contributed by atoms with Crippen LogP contribution in [0.5, 0.6) is 5.75 Å². The summed E-state index contributed by atoms with van der Waals surface area (Å²) in [4.78, 5) is 25.6. The fourth-order valence-electron chi connectivity index (χ4n) is 2.65. The maximum atomic E-state index is 12.9. The lowest BCUT2D eigenvalue weighted by molar-refractivity contribution is -0.233. The maximum absolute atomic E-state index is 12.9. The molecule has 1 aromatic carbocycles. The molecule has 0 radical (unpaired) electrons. The summed E-state index contributed by atoms with van der Waals surface area (Å²) in [6.07, 6.45) is -6.73. The zero-order valence-electron chi connectivity index (χ0n) is 14.2. The molecule has 1 fully saturated rings. The molecule has 1 aliphatic heterocycles. The molecule has 1 aliphatic rings. The van der Waals surface area contributed by atoms with Gasteiger partial charge in [0.15, 0.2) is 17.5 Å². The Hall–Kier alpha value is -2.88. The van der Waals surface area contributed by atoms with Crippen molar-refractivity contribution in [2.45, 2.75) is 19.2 Å². The van der Waals surface area contributed by atoms with Gasteiger partial charge in [0.1, 0.15) is 0 Å². The van der Waals surface area contributed by atoms with Gasteiger partial charge in [0.25, 0.3) is 11.5 Å². The third-order valence-electron chi connectivity index (χ3n) is 4.11. The van der Waals surface area contributed by atoms with Crippen LogP contribution in [0.4, 0.5) is 13.2 Å². The lowest BCUT2D eigenvalue weighted by atomic mass is 10.2. The van der Waals surface area contributed by atoms with Crippen molar-refractivity contribution in [3.63, 3.8) is 0 Å². The van der Waals surface area contributed by atoms with Gasteiger partial charge in [-0.05, 0) is 19.1 Å². The van der Waals surface area contributed by atoms with Crippen LogP contribution in [0, 0.1) is 6.92 Å². The first-order valence-electron chi connectivity index (χ1n) is 8.05. The quantitative estimate of drug-likeness (QED) is 0.853. The molecule has 1 aromatic heterocycles. The summed E-state index contributed by atoms with van der Waals surface area (Å²) in [7, 11) is 0. The number of carbonyl (C=O) groups is 1. The highest BCUT2D eigenvalue weighted by atomic mass is 19.4. The second kappa shape index (κ2) is 7.03. The first-order chi connectivity index (χ1) is 12.7. The minimum atomic E-state index is -4.62. The molecule has 1 atom stereocenters. The zero-order valence-corrected chi connectivity index (χ0v) is 14.2. The van der Waals surface area contributed by atoms with E-state index >= 15 is 0 Å². The highest BCUT2D eigenvalue weighted by Gasteiger charge is 2.44. The van der Waals surface area contributed by atoms with Crippen molar-refractivity contribution in [1.29, 1.82) is 0 Å². The summed E-state index contributed by atoms with van der Waals surface area (Å²) < 4.78 is 44.1. The van der Waals surface area contributed by atoms with E-state index in [0.717, 1.165) is 21.2 Å². The zero-order chi connectivity index (χ0) is 19.8. The molecule has 144 valence electrons. The number of aromatic nitrogens is 2. The van der Waals surface area contributed by atoms with Crippen molar-refractivity contribution in [3.05, 3.63) is 51.9 Å². The number of alkyl halides is 3. The molecule has 1 saturated heterocycles. The number of nitrogens with zero attached hydrogens (tertiary/aromatic N) is 3. The molecule has 10 heteroatoms. The van der Waals surface area contributed by atoms with Crippen molar-refractivity contribution in [2.75, 3.05) is 19.7 Å². The lowest BCUT2D eigenvalue weighted by Gasteiger charge is -2.33. The Morgan fingerprint density at radius 2 is 1.96 bits per heavy atom. The Labute approximate surface area is 151 Å². The van der Waals surface area contributed by atoms with Crippen LogP contribution >= 0.6 is 0 Å². The number of morpholine rings is 1. The minimum Gasteiger partial charge on any atom is -0.505 e. The van der Waals surface area contributed by atoms with Gasteiger partial charge < -0.3 is 14.7 Å². The second-order valence-corrected chi connectivity index (χ2v) is 6.12. The van der Waals surface area contributed by atoms with Gasteiger partial charge in [-0.1, -0.05) is 17.7 Å². The molecule has 27 heavy (non-hydrogen) atoms. The van der Waals surface area contributed by atoms with E-state index < -0.39 is 41.7 Å². The third-order valence-corrected chi connectivity index (χ3v) is 4.11. The summed E-state index contributed by atoms with van der Waals surface area (Å²) in [6.45, 7) is 0.749. The molecule has 0 unspecified atom stereocenters. The molecule has 3 rings (SSSR count). The molecular weight excluding hydrogens is 367 g/mol. The summed E-state index contributed by atoms with van der Waals surface area (Å²) in [6, 6.07) is 7.47. The van der Waals surface area contributed by atoms with E-state index in [9.17, 15) is 27.9 Å². The van der Waals surface area contributed by atoms with Gasteiger partial charge in [-0.2, -0.15) is 23.0 Å². The Balaban J connectivity index is 1.94. The third kappa shape index (κ3) is 3.95. The van der Waals surface area contributed by atoms with E-state index in [1.54, 1.807) is 24.3 Å². The molecule has 0 spiro atoms. The predicted octanol–water partition coefficient (Wildman–Crippen LogP) is 1.65. The number of hydrogen-bond donors (Lipinski definition) is 1. The Morgan fingerprint density at radius 3 is 2.59 bits per heavy atom. The van der Waals surface area contributed by atoms with Crippen LogP contribution in [-0.4, -0.2) is 57.7 Å². The van der Waals surface area contributed by atoms with Gasteiger partial charge in [-0.3, -0.25) is 9.59 Å². The second-order valence-electron chi connectivity index (χ2n) is 6.12. The van der Waals surface area contributed by atoms with Crippen LogP contribution in [0.2, 0.25) is 0 Å². The number of aromatic hydroxyl groups is 1. The summed E-state index contributed by atoms with van der Waals surface area (Å²) in [5.41, 5.74) is 0.115. The number of halogens is 3. The van der Waals surface area contributed by atoms with Crippen molar-refractivity contribution < 1.29 is 27.8 Å². The van der Waals surface area contributed by atoms with E-state index in [2.05, 4.69) is 9.84 Å². The van der Waals surface area contributed by atoms with E-state index in [1.165, 1.54) is 0 Å². The monoisotopic (exact) mass is 383 g/mol. The summed E-state index contributed by atoms with van der Waals surface area (Å²) in [5, 5.41) is 13.8. The van der Waals surface area contributed by atoms with Crippen LogP contribution in [0.1, 0.15) is 16.1 Å². The van der Waals surface area contributed by atoms with E-state index in [0.29, 0.717) is 5.69 Å². The molecule has 1 N–H and O–H groups in total. The fourth-order valence-corrected chi connectivity index (χ4v) is 2.65. The summed E-state index contributed by atoms with van der Waals surface area (Å²) in [5.74, 6) is -1.60. The smallest absolute Gasteiger partial charge is 0.416 e. The normalized spacial score (nSPS) is 17.8. The number of ether oxygens (including phenoxy) is 1. The average Bonchev–Trinajstić information content (AvgIpc) is 2.62. The minimum absolute atomic E-state index is 0.0871. The molecule has 2 aromatic rings. The number of amides is 1. The van der Waals surface area contributed by atoms with Crippen molar-refractivity contribution in [3.8, 4) is 11.4 Å². The number of hydrogen-bond acceptors (Lipinski definition) is 5. The molecule has 0 aliphatic carbocycles. The van der Waals surface area contributed by atoms with E-state index in [-0.39, 0.29) is 13.2 Å². The topological polar surface area (TPSA) is 84.7 Å². The number of aryl methyl sites for hydroxylation is 1. The number of benzene rings is 1. The van der Waals surface area contributed by atoms with Gasteiger partial charge in [-0.15, -0.1) is 0 Å². The number of rotatable bonds is 2. The highest BCUT2D eigenvalue weighted by Crippen LogP contribution is 2.27. The van der Waals surface area contributed by atoms with Crippen molar-refractivity contribution >= 4 is 5.91 Å². The van der Waals surface area contributed by atoms with Gasteiger partial charge in [-0.25, -0.2) is 0 Å². The number of carbonyl (C=O) groups excluding carboxylic acids is 1. The van der Waals surface area contributed by atoms with Crippen molar-refractivity contribution in [1.82, 2.24) is 14.7 Å². The summed E-state index contributed by atoms with van der Waals surface area (Å²) >= 11 is 0. The molecule has 7 nitrogen and oxygen atoms in total. The average molecular weight is 383 g/mol. The lowest BCUT2D eigenvalue weighted by Crippen LogP contribution is -2.51. The van der Waals surface area contributed by atoms with Crippen LogP contribution in [0.25, 0.3) is 5.69 Å². The fraction of sp³-hybridized carbons (Fsp3) is 0.353. The van der Waals surface area contributed by atoms with Crippen molar-refractivity contribution in [2.24, 2.45) is 0 Å². The largest absolute Gasteiger partial charge is 0.505 e. The van der Waals surface area contributed by atoms with Crippen LogP contribution in [-0.2, 0) is 4.74 Å². The molecule has 1 amide bonds. The predicted molar refractivity (Wildman–Crippen MR) is 87.9 cm³/mol. The first kappa shape index (κ1) is 18.9. The van der Waals surface area contributed by atoms with E-state index in [1.807, 2.05) is 6.92 Å². The van der Waals surface area contributed by atoms with Crippen LogP contribution in [0.15, 0.2) is 35.1 Å². The first-order valence-corrected chi connectivity index (χ1v) is 8.05. The van der Waals surface area contributed by atoms with Crippen LogP contribution < -0.4 is 5.56 Å². The van der Waals surface area contributed by atoms with Gasteiger partial charge in [0.05, 0.1) is 18.8 Å². The maximum Gasteiger partial charge on any atom is 0.416 e. The Morgan fingerprint density at radius 1 is 1.30 bits per heavy atom. The Bertz CT molecular complexity index is 909. The highest BCUT2D eigenvalue weighted by molar-refractivity contribution is 5.94. The standard InChI is InChI=1S/C17H16F3N3O4/c1-10-2-4-11(5-3-10)23-14(25)8-12(24)15(21-23)16(26)22-6-7-27-13(9-22)17(18,19)20/h2-5,8,13,24H,6-7,9H2,1H3/t13-/m0/s1. The SMILES string of the molecule is Cc1ccc(-n2nc(C(=O)N3CCO[C@H](C(F)(F)F)C3)c(O)cc2=O)cc1. The van der Waals surface area contributed by atoms with Gasteiger partial charge >= 0.3 is 6.18 Å². The molecule has 2 heterocycles. The van der Waals surface area contributed by atoms with E-state index in [4.69, 9.17) is 0 Å². The molecular formula is C17H16F3N3O4. The van der Waals surface area contributed by atoms with Gasteiger partial charge in [0, 0.05) is 12.6 Å².